The van der Waals surface area contributed by atoms with Crippen molar-refractivity contribution in [2.75, 3.05) is 13.3 Å². The Kier molecular flexibility index (Phi) is 11.9. The van der Waals surface area contributed by atoms with Gasteiger partial charge in [-0.3, -0.25) is 9.59 Å². The minimum atomic E-state index is -2.52. The van der Waals surface area contributed by atoms with Gasteiger partial charge in [0.25, 0.3) is 0 Å². The van der Waals surface area contributed by atoms with Gasteiger partial charge in [-0.05, 0) is 56.5 Å². The van der Waals surface area contributed by atoms with Gasteiger partial charge in [0, 0.05) is 25.2 Å². The molecule has 2 aromatic carbocycles. The fourth-order valence-electron chi connectivity index (χ4n) is 9.61. The molecule has 4 aliphatic rings. The summed E-state index contributed by atoms with van der Waals surface area (Å²) in [7, 11) is 0. The zero-order valence-electron chi connectivity index (χ0n) is 34.3. The summed E-state index contributed by atoms with van der Waals surface area (Å²) in [6, 6.07) is 11.0. The highest BCUT2D eigenvalue weighted by atomic mass is 19.1. The molecule has 0 unspecified atom stereocenters. The number of nitrogens with one attached hydrogen (secondary N) is 1. The van der Waals surface area contributed by atoms with E-state index >= 15 is 4.39 Å². The first-order valence-electron chi connectivity index (χ1n) is 19.6. The number of aliphatic hydroxyl groups excluding tert-OH is 3. The van der Waals surface area contributed by atoms with E-state index in [0.29, 0.717) is 0 Å². The SMILES string of the molecule is CC(=O)O[C@@]12CO[C@@H]1C[C@H](O)[C@@]1(C)C(=O)[C@H](O)C3=C(C)[C@@H](OC(=O)[C@H](O)[C@@H](NC(=O)OC(C)(C)CF)c4ccccc4)C[C@@](O)([C@@H](OC(=O)c4ccccc4F)[C@H]21)C3(C)C. The van der Waals surface area contributed by atoms with Crippen LogP contribution >= 0.6 is 0 Å². The average Bonchev–Trinajstić information content (AvgIpc) is 3.18. The molecule has 326 valence electrons. The third-order valence-corrected chi connectivity index (χ3v) is 12.9. The molecule has 0 spiro atoms. The first kappa shape index (κ1) is 44.7. The molecule has 2 bridgehead atoms. The van der Waals surface area contributed by atoms with Crippen molar-refractivity contribution in [3.63, 3.8) is 0 Å². The Morgan fingerprint density at radius 2 is 1.65 bits per heavy atom. The van der Waals surface area contributed by atoms with Crippen LogP contribution in [0, 0.1) is 22.6 Å². The van der Waals surface area contributed by atoms with Crippen molar-refractivity contribution in [3.8, 4) is 0 Å². The molecule has 15 nitrogen and oxygen atoms in total. The number of Topliss-reactive ketones (excluding diaryl/α,β-unsaturated/α-hetero) is 1. The van der Waals surface area contributed by atoms with Gasteiger partial charge in [-0.15, -0.1) is 0 Å². The van der Waals surface area contributed by atoms with Crippen molar-refractivity contribution in [2.45, 2.75) is 121 Å². The van der Waals surface area contributed by atoms with Crippen molar-refractivity contribution < 1.29 is 76.9 Å². The number of benzene rings is 2. The van der Waals surface area contributed by atoms with E-state index in [4.69, 9.17) is 23.7 Å². The molecular weight excluding hydrogens is 792 g/mol. The lowest BCUT2D eigenvalue weighted by Crippen LogP contribution is -2.81. The summed E-state index contributed by atoms with van der Waals surface area (Å²) in [5.41, 5.74) is -10.3. The van der Waals surface area contributed by atoms with Gasteiger partial charge in [-0.1, -0.05) is 56.3 Å². The largest absolute Gasteiger partial charge is 0.456 e. The normalized spacial score (nSPS) is 33.0. The van der Waals surface area contributed by atoms with Gasteiger partial charge in [0.1, 0.15) is 48.1 Å². The highest BCUT2D eigenvalue weighted by Crippen LogP contribution is 2.64. The van der Waals surface area contributed by atoms with Gasteiger partial charge >= 0.3 is 24.0 Å². The van der Waals surface area contributed by atoms with E-state index in [1.54, 1.807) is 18.2 Å². The maximum Gasteiger partial charge on any atom is 0.408 e. The molecule has 11 atom stereocenters. The van der Waals surface area contributed by atoms with Crippen LogP contribution in [0.25, 0.3) is 0 Å². The third kappa shape index (κ3) is 7.27. The van der Waals surface area contributed by atoms with Gasteiger partial charge in [-0.2, -0.15) is 0 Å². The van der Waals surface area contributed by atoms with Crippen molar-refractivity contribution in [2.24, 2.45) is 16.7 Å². The van der Waals surface area contributed by atoms with Crippen LogP contribution < -0.4 is 5.32 Å². The first-order chi connectivity index (χ1) is 28.0. The van der Waals surface area contributed by atoms with Gasteiger partial charge in [-0.25, -0.2) is 23.2 Å². The molecule has 0 radical (unpaired) electrons. The van der Waals surface area contributed by atoms with Gasteiger partial charge < -0.3 is 49.4 Å². The number of carbonyl (C=O) groups is 5. The Labute approximate surface area is 345 Å². The summed E-state index contributed by atoms with van der Waals surface area (Å²) in [5, 5.41) is 51.3. The Morgan fingerprint density at radius 3 is 2.23 bits per heavy atom. The number of ketones is 1. The number of carbonyl (C=O) groups excluding carboxylic acids is 5. The van der Waals surface area contributed by atoms with E-state index in [9.17, 15) is 48.8 Å². The predicted molar refractivity (Wildman–Crippen MR) is 204 cm³/mol. The lowest BCUT2D eigenvalue weighted by Gasteiger charge is -2.67. The molecule has 6 rings (SSSR count). The fraction of sp³-hybridized carbons (Fsp3) is 0.558. The lowest BCUT2D eigenvalue weighted by molar-refractivity contribution is -0.346. The number of fused-ring (bicyclic) bond motifs is 5. The zero-order valence-corrected chi connectivity index (χ0v) is 34.3. The number of ether oxygens (including phenoxy) is 5. The fourth-order valence-corrected chi connectivity index (χ4v) is 9.61. The maximum atomic E-state index is 15.2. The van der Waals surface area contributed by atoms with Gasteiger partial charge in [0.05, 0.1) is 35.6 Å². The molecular formula is C43H51F2NO14. The molecule has 17 heteroatoms. The molecule has 1 aliphatic heterocycles. The second-order valence-electron chi connectivity index (χ2n) is 17.5. The van der Waals surface area contributed by atoms with Crippen LogP contribution in [-0.2, 0) is 38.1 Å². The van der Waals surface area contributed by atoms with Gasteiger partial charge in [0.2, 0.25) is 0 Å². The number of amides is 1. The van der Waals surface area contributed by atoms with Crippen molar-refractivity contribution in [3.05, 3.63) is 82.7 Å². The molecule has 60 heavy (non-hydrogen) atoms. The number of hydrogen-bond acceptors (Lipinski definition) is 14. The monoisotopic (exact) mass is 843 g/mol. The number of halogens is 2. The van der Waals surface area contributed by atoms with E-state index in [-0.39, 0.29) is 29.7 Å². The molecule has 1 saturated heterocycles. The Morgan fingerprint density at radius 1 is 1.02 bits per heavy atom. The highest BCUT2D eigenvalue weighted by Gasteiger charge is 2.78. The molecule has 0 aromatic heterocycles. The van der Waals surface area contributed by atoms with E-state index < -0.39 is 130 Å². The van der Waals surface area contributed by atoms with Gasteiger partial charge in [0.15, 0.2) is 17.5 Å². The summed E-state index contributed by atoms with van der Waals surface area (Å²) in [4.78, 5) is 68.9. The summed E-state index contributed by atoms with van der Waals surface area (Å²) in [6.07, 6.45) is -12.7. The number of esters is 3. The van der Waals surface area contributed by atoms with Crippen LogP contribution in [0.3, 0.4) is 0 Å². The molecule has 1 amide bonds. The predicted octanol–water partition coefficient (Wildman–Crippen LogP) is 3.35. The number of alkyl carbamates (subject to hydrolysis) is 1. The summed E-state index contributed by atoms with van der Waals surface area (Å²) in [6.45, 7) is 7.91. The third-order valence-electron chi connectivity index (χ3n) is 12.9. The standard InChI is InChI=1S/C43H51F2NO14/c1-21-26(57-37(53)32(50)30(23-13-9-8-10-14-23)46-38(54)60-39(3,4)19-44)18-43(55)35(58-36(52)24-15-11-12-16-25(24)45)33-41(7,34(51)31(49)29(21)40(43,5)6)27(48)17-28-42(33,20-56-28)59-22(2)47/h8-16,26-28,30-33,35,48-50,55H,17-20H2,1-7H3,(H,46,54)/t26-,27-,28+,30-,31+,32+,33-,35-,41+,42-,43+/m0/s1. The lowest BCUT2D eigenvalue weighted by atomic mass is 9.44. The van der Waals surface area contributed by atoms with E-state index in [0.717, 1.165) is 19.1 Å². The number of alkyl halides is 1. The van der Waals surface area contributed by atoms with Crippen molar-refractivity contribution >= 4 is 29.8 Å². The molecule has 1 heterocycles. The van der Waals surface area contributed by atoms with Crippen LogP contribution in [0.5, 0.6) is 0 Å². The first-order valence-corrected chi connectivity index (χ1v) is 19.6. The van der Waals surface area contributed by atoms with Crippen LogP contribution in [0.2, 0.25) is 0 Å². The summed E-state index contributed by atoms with van der Waals surface area (Å²) >= 11 is 0. The smallest absolute Gasteiger partial charge is 0.408 e. The second kappa shape index (κ2) is 15.9. The molecule has 5 N–H and O–H groups in total. The van der Waals surface area contributed by atoms with E-state index in [1.807, 2.05) is 0 Å². The molecule has 2 saturated carbocycles. The molecule has 2 aromatic rings. The number of aliphatic hydroxyl groups is 4. The average molecular weight is 844 g/mol. The Balaban J connectivity index is 1.49. The number of hydrogen-bond donors (Lipinski definition) is 5. The molecule has 3 aliphatic carbocycles. The zero-order chi connectivity index (χ0) is 44.3. The minimum absolute atomic E-state index is 0.0606. The Hall–Kier alpha value is -4.81. The van der Waals surface area contributed by atoms with Crippen molar-refractivity contribution in [1.82, 2.24) is 5.32 Å². The van der Waals surface area contributed by atoms with Crippen LogP contribution in [-0.4, -0.2) is 117 Å². The highest BCUT2D eigenvalue weighted by molar-refractivity contribution is 5.94. The number of rotatable bonds is 10. The Bertz CT molecular complexity index is 2080. The summed E-state index contributed by atoms with van der Waals surface area (Å²) < 4.78 is 57.6. The van der Waals surface area contributed by atoms with Crippen LogP contribution in [0.4, 0.5) is 13.6 Å². The topological polar surface area (TPSA) is 224 Å². The van der Waals surface area contributed by atoms with Crippen LogP contribution in [0.15, 0.2) is 65.7 Å². The maximum absolute atomic E-state index is 15.2. The summed E-state index contributed by atoms with van der Waals surface area (Å²) in [5.74, 6) is -7.18. The quantitative estimate of drug-likeness (QED) is 0.132. The minimum Gasteiger partial charge on any atom is -0.456 e. The van der Waals surface area contributed by atoms with Crippen LogP contribution in [0.1, 0.15) is 83.3 Å². The second-order valence-corrected chi connectivity index (χ2v) is 17.5. The van der Waals surface area contributed by atoms with Crippen molar-refractivity contribution in [1.29, 1.82) is 0 Å². The van der Waals surface area contributed by atoms with E-state index in [2.05, 4.69) is 5.32 Å². The van der Waals surface area contributed by atoms with E-state index in [1.165, 1.54) is 65.8 Å². The molecule has 3 fully saturated rings.